The SMILES string of the molecule is Cc1ccc(CNc2nnc(SCC(=O)O)s2)cn1. The molecule has 2 aromatic heterocycles. The van der Waals surface area contributed by atoms with E-state index in [0.29, 0.717) is 16.0 Å². The van der Waals surface area contributed by atoms with Gasteiger partial charge in [0, 0.05) is 18.4 Å². The first-order valence-electron chi connectivity index (χ1n) is 5.47. The molecule has 0 atom stereocenters. The van der Waals surface area contributed by atoms with Gasteiger partial charge in [0.15, 0.2) is 4.34 Å². The van der Waals surface area contributed by atoms with Crippen molar-refractivity contribution >= 4 is 34.2 Å². The van der Waals surface area contributed by atoms with Crippen LogP contribution < -0.4 is 5.32 Å². The molecule has 2 N–H and O–H groups in total. The van der Waals surface area contributed by atoms with Crippen LogP contribution in [0.15, 0.2) is 22.7 Å². The Labute approximate surface area is 118 Å². The maximum absolute atomic E-state index is 10.4. The maximum Gasteiger partial charge on any atom is 0.313 e. The van der Waals surface area contributed by atoms with Crippen molar-refractivity contribution in [3.8, 4) is 0 Å². The van der Waals surface area contributed by atoms with Gasteiger partial charge in [-0.1, -0.05) is 29.2 Å². The Morgan fingerprint density at radius 2 is 2.32 bits per heavy atom. The van der Waals surface area contributed by atoms with Crippen molar-refractivity contribution in [1.82, 2.24) is 15.2 Å². The fourth-order valence-corrected chi connectivity index (χ4v) is 2.71. The number of pyridine rings is 1. The van der Waals surface area contributed by atoms with Crippen LogP contribution in [0.4, 0.5) is 5.13 Å². The Hall–Kier alpha value is -1.67. The molecule has 0 aliphatic heterocycles. The third kappa shape index (κ3) is 4.49. The fraction of sp³-hybridized carbons (Fsp3) is 0.273. The normalized spacial score (nSPS) is 10.4. The Morgan fingerprint density at radius 3 is 3.00 bits per heavy atom. The van der Waals surface area contributed by atoms with E-state index in [1.165, 1.54) is 23.1 Å². The van der Waals surface area contributed by atoms with Crippen LogP contribution >= 0.6 is 23.1 Å². The lowest BCUT2D eigenvalue weighted by Gasteiger charge is -2.01. The number of hydrogen-bond donors (Lipinski definition) is 2. The molecular formula is C11H12N4O2S2. The minimum atomic E-state index is -0.861. The van der Waals surface area contributed by atoms with Crippen LogP contribution in [0.3, 0.4) is 0 Å². The number of carboxylic acid groups (broad SMARTS) is 1. The van der Waals surface area contributed by atoms with Crippen LogP contribution in [0, 0.1) is 6.92 Å². The molecule has 0 aliphatic rings. The standard InChI is InChI=1S/C11H12N4O2S2/c1-7-2-3-8(4-12-7)5-13-10-14-15-11(19-10)18-6-9(16)17/h2-4H,5-6H2,1H3,(H,13,14)(H,16,17). The molecule has 0 fully saturated rings. The van der Waals surface area contributed by atoms with E-state index < -0.39 is 5.97 Å². The number of nitrogens with zero attached hydrogens (tertiary/aromatic N) is 3. The summed E-state index contributed by atoms with van der Waals surface area (Å²) in [6.07, 6.45) is 1.81. The van der Waals surface area contributed by atoms with Crippen molar-refractivity contribution in [3.05, 3.63) is 29.6 Å². The topological polar surface area (TPSA) is 88.0 Å². The molecule has 6 nitrogen and oxygen atoms in total. The number of carbonyl (C=O) groups is 1. The zero-order valence-electron chi connectivity index (χ0n) is 10.2. The molecule has 19 heavy (non-hydrogen) atoms. The van der Waals surface area contributed by atoms with Crippen molar-refractivity contribution in [2.45, 2.75) is 17.8 Å². The molecule has 2 rings (SSSR count). The predicted octanol–water partition coefficient (Wildman–Crippen LogP) is 2.03. The second-order valence-corrected chi connectivity index (χ2v) is 5.92. The van der Waals surface area contributed by atoms with Crippen LogP contribution in [0.2, 0.25) is 0 Å². The monoisotopic (exact) mass is 296 g/mol. The van der Waals surface area contributed by atoms with Crippen LogP contribution in [-0.2, 0) is 11.3 Å². The first-order valence-corrected chi connectivity index (χ1v) is 7.27. The second kappa shape index (κ2) is 6.48. The van der Waals surface area contributed by atoms with E-state index in [-0.39, 0.29) is 5.75 Å². The van der Waals surface area contributed by atoms with Gasteiger partial charge in [-0.25, -0.2) is 0 Å². The Balaban J connectivity index is 1.86. The van der Waals surface area contributed by atoms with Crippen molar-refractivity contribution < 1.29 is 9.90 Å². The second-order valence-electron chi connectivity index (χ2n) is 3.72. The number of carboxylic acids is 1. The number of aromatic nitrogens is 3. The first-order chi connectivity index (χ1) is 9.13. The zero-order valence-corrected chi connectivity index (χ0v) is 11.8. The summed E-state index contributed by atoms with van der Waals surface area (Å²) in [5.74, 6) is -0.864. The van der Waals surface area contributed by atoms with Crippen molar-refractivity contribution in [2.75, 3.05) is 11.1 Å². The van der Waals surface area contributed by atoms with Gasteiger partial charge in [-0.05, 0) is 18.6 Å². The Bertz CT molecular complexity index is 556. The number of rotatable bonds is 6. The average molecular weight is 296 g/mol. The molecule has 0 aromatic carbocycles. The average Bonchev–Trinajstić information content (AvgIpc) is 2.84. The summed E-state index contributed by atoms with van der Waals surface area (Å²) in [5.41, 5.74) is 2.03. The van der Waals surface area contributed by atoms with Crippen LogP contribution in [0.1, 0.15) is 11.3 Å². The van der Waals surface area contributed by atoms with Gasteiger partial charge in [-0.3, -0.25) is 9.78 Å². The van der Waals surface area contributed by atoms with Crippen LogP contribution in [0.25, 0.3) is 0 Å². The van der Waals surface area contributed by atoms with Gasteiger partial charge in [0.25, 0.3) is 0 Å². The number of anilines is 1. The van der Waals surface area contributed by atoms with E-state index in [2.05, 4.69) is 20.5 Å². The maximum atomic E-state index is 10.4. The lowest BCUT2D eigenvalue weighted by atomic mass is 10.2. The highest BCUT2D eigenvalue weighted by molar-refractivity contribution is 8.01. The lowest BCUT2D eigenvalue weighted by molar-refractivity contribution is -0.133. The summed E-state index contributed by atoms with van der Waals surface area (Å²) in [5, 5.41) is 20.2. The molecule has 0 unspecified atom stereocenters. The molecule has 0 amide bonds. The van der Waals surface area contributed by atoms with Gasteiger partial charge in [0.2, 0.25) is 5.13 Å². The number of aryl methyl sites for hydroxylation is 1. The third-order valence-corrected chi connectivity index (χ3v) is 4.14. The van der Waals surface area contributed by atoms with Gasteiger partial charge in [0.05, 0.1) is 5.75 Å². The van der Waals surface area contributed by atoms with Gasteiger partial charge < -0.3 is 10.4 Å². The number of nitrogens with one attached hydrogen (secondary N) is 1. The highest BCUT2D eigenvalue weighted by atomic mass is 32.2. The van der Waals surface area contributed by atoms with Crippen LogP contribution in [0.5, 0.6) is 0 Å². The summed E-state index contributed by atoms with van der Waals surface area (Å²) in [4.78, 5) is 14.6. The molecule has 0 saturated heterocycles. The lowest BCUT2D eigenvalue weighted by Crippen LogP contribution is -1.99. The predicted molar refractivity (Wildman–Crippen MR) is 74.6 cm³/mol. The summed E-state index contributed by atoms with van der Waals surface area (Å²) < 4.78 is 0.645. The number of hydrogen-bond acceptors (Lipinski definition) is 7. The van der Waals surface area contributed by atoms with Crippen molar-refractivity contribution in [3.63, 3.8) is 0 Å². The van der Waals surface area contributed by atoms with Gasteiger partial charge in [-0.2, -0.15) is 0 Å². The van der Waals surface area contributed by atoms with Gasteiger partial charge in [0.1, 0.15) is 0 Å². The van der Waals surface area contributed by atoms with E-state index in [9.17, 15) is 4.79 Å². The highest BCUT2D eigenvalue weighted by Gasteiger charge is 2.06. The van der Waals surface area contributed by atoms with Gasteiger partial charge in [-0.15, -0.1) is 10.2 Å². The summed E-state index contributed by atoms with van der Waals surface area (Å²) in [6.45, 7) is 2.55. The minimum absolute atomic E-state index is 0.00346. The Kier molecular flexibility index (Phi) is 4.69. The Morgan fingerprint density at radius 1 is 1.47 bits per heavy atom. The summed E-state index contributed by atoms with van der Waals surface area (Å²) in [7, 11) is 0. The molecule has 0 radical (unpaired) electrons. The smallest absolute Gasteiger partial charge is 0.313 e. The summed E-state index contributed by atoms with van der Waals surface area (Å²) >= 11 is 2.51. The highest BCUT2D eigenvalue weighted by Crippen LogP contribution is 2.25. The summed E-state index contributed by atoms with van der Waals surface area (Å²) in [6, 6.07) is 3.95. The number of aliphatic carboxylic acids is 1. The molecule has 0 saturated carbocycles. The first kappa shape index (κ1) is 13.8. The molecule has 2 aromatic rings. The third-order valence-electron chi connectivity index (χ3n) is 2.14. The molecule has 100 valence electrons. The number of thioether (sulfide) groups is 1. The molecule has 8 heteroatoms. The molecule has 0 bridgehead atoms. The molecule has 0 spiro atoms. The zero-order chi connectivity index (χ0) is 13.7. The molecule has 2 heterocycles. The van der Waals surface area contributed by atoms with E-state index in [0.717, 1.165) is 11.3 Å². The molecule has 0 aliphatic carbocycles. The minimum Gasteiger partial charge on any atom is -0.481 e. The van der Waals surface area contributed by atoms with E-state index in [4.69, 9.17) is 5.11 Å². The van der Waals surface area contributed by atoms with Gasteiger partial charge >= 0.3 is 5.97 Å². The van der Waals surface area contributed by atoms with E-state index in [1.807, 2.05) is 25.3 Å². The van der Waals surface area contributed by atoms with Crippen molar-refractivity contribution in [2.24, 2.45) is 0 Å². The molecular weight excluding hydrogens is 284 g/mol. The van der Waals surface area contributed by atoms with E-state index >= 15 is 0 Å². The quantitative estimate of drug-likeness (QED) is 0.788. The van der Waals surface area contributed by atoms with Crippen LogP contribution in [-0.4, -0.2) is 32.0 Å². The fourth-order valence-electron chi connectivity index (χ4n) is 1.24. The van der Waals surface area contributed by atoms with Crippen molar-refractivity contribution in [1.29, 1.82) is 0 Å². The largest absolute Gasteiger partial charge is 0.481 e. The van der Waals surface area contributed by atoms with E-state index in [1.54, 1.807) is 0 Å².